The molecule has 0 bridgehead atoms. The second-order valence-corrected chi connectivity index (χ2v) is 7.21. The molecule has 9 heteroatoms. The van der Waals surface area contributed by atoms with Crippen LogP contribution in [-0.2, 0) is 17.7 Å². The molecule has 8 nitrogen and oxygen atoms in total. The molecule has 0 saturated heterocycles. The molecule has 0 aliphatic carbocycles. The average molecular weight is 422 g/mol. The molecule has 2 aromatic heterocycles. The third kappa shape index (κ3) is 5.00. The highest BCUT2D eigenvalue weighted by Crippen LogP contribution is 2.26. The fourth-order valence-electron chi connectivity index (χ4n) is 3.47. The zero-order chi connectivity index (χ0) is 21.6. The van der Waals surface area contributed by atoms with Gasteiger partial charge >= 0.3 is 0 Å². The van der Waals surface area contributed by atoms with E-state index in [1.807, 2.05) is 4.90 Å². The third-order valence-corrected chi connectivity index (χ3v) is 5.02. The average Bonchev–Trinajstić information content (AvgIpc) is 2.81. The van der Waals surface area contributed by atoms with E-state index >= 15 is 0 Å². The van der Waals surface area contributed by atoms with Gasteiger partial charge in [-0.2, -0.15) is 0 Å². The molecule has 3 aromatic rings. The van der Waals surface area contributed by atoms with Crippen molar-refractivity contribution >= 4 is 11.6 Å². The summed E-state index contributed by atoms with van der Waals surface area (Å²) in [5.41, 5.74) is 2.84. The Morgan fingerprint density at radius 3 is 2.84 bits per heavy atom. The van der Waals surface area contributed by atoms with Crippen LogP contribution in [-0.4, -0.2) is 52.6 Å². The van der Waals surface area contributed by atoms with Gasteiger partial charge in [-0.05, 0) is 30.7 Å². The first-order chi connectivity index (χ1) is 15.1. The fourth-order valence-corrected chi connectivity index (χ4v) is 3.47. The second kappa shape index (κ2) is 9.57. The molecule has 0 atom stereocenters. The SMILES string of the molecule is COCCCNC(=O)c1cc(F)cc(N2CCc3nc(-c4ncccn4)ncc3C2)c1. The number of nitrogens with one attached hydrogen (secondary N) is 1. The molecule has 4 rings (SSSR count). The molecule has 1 N–H and O–H groups in total. The van der Waals surface area contributed by atoms with Gasteiger partial charge in [0.2, 0.25) is 0 Å². The van der Waals surface area contributed by atoms with Crippen LogP contribution < -0.4 is 10.2 Å². The van der Waals surface area contributed by atoms with Crippen LogP contribution in [0.25, 0.3) is 11.6 Å². The quantitative estimate of drug-likeness (QED) is 0.585. The van der Waals surface area contributed by atoms with Crippen LogP contribution >= 0.6 is 0 Å². The number of anilines is 1. The van der Waals surface area contributed by atoms with Crippen molar-refractivity contribution in [2.24, 2.45) is 0 Å². The lowest BCUT2D eigenvalue weighted by Gasteiger charge is -2.30. The van der Waals surface area contributed by atoms with E-state index < -0.39 is 5.82 Å². The van der Waals surface area contributed by atoms with Crippen molar-refractivity contribution in [3.8, 4) is 11.6 Å². The van der Waals surface area contributed by atoms with Crippen molar-refractivity contribution < 1.29 is 13.9 Å². The van der Waals surface area contributed by atoms with Gasteiger partial charge in [-0.15, -0.1) is 0 Å². The molecule has 0 radical (unpaired) electrons. The number of hydrogen-bond acceptors (Lipinski definition) is 7. The Kier molecular flexibility index (Phi) is 6.42. The lowest BCUT2D eigenvalue weighted by Crippen LogP contribution is -2.32. The van der Waals surface area contributed by atoms with Crippen molar-refractivity contribution in [3.63, 3.8) is 0 Å². The number of aromatic nitrogens is 4. The van der Waals surface area contributed by atoms with Crippen molar-refractivity contribution in [1.82, 2.24) is 25.3 Å². The molecule has 1 amide bonds. The maximum absolute atomic E-state index is 14.3. The van der Waals surface area contributed by atoms with Crippen LogP contribution in [0.15, 0.2) is 42.9 Å². The molecular weight excluding hydrogens is 399 g/mol. The van der Waals surface area contributed by atoms with E-state index in [1.165, 1.54) is 12.1 Å². The Balaban J connectivity index is 1.49. The van der Waals surface area contributed by atoms with E-state index in [-0.39, 0.29) is 5.91 Å². The summed E-state index contributed by atoms with van der Waals surface area (Å²) in [6, 6.07) is 6.15. The van der Waals surface area contributed by atoms with E-state index in [9.17, 15) is 9.18 Å². The Morgan fingerprint density at radius 2 is 2.03 bits per heavy atom. The molecule has 0 fully saturated rings. The molecule has 1 aliphatic heterocycles. The first-order valence-electron chi connectivity index (χ1n) is 10.1. The summed E-state index contributed by atoms with van der Waals surface area (Å²) in [6.45, 7) is 2.21. The number of nitrogens with zero attached hydrogens (tertiary/aromatic N) is 5. The minimum atomic E-state index is -0.446. The van der Waals surface area contributed by atoms with Gasteiger partial charge in [-0.25, -0.2) is 24.3 Å². The summed E-state index contributed by atoms with van der Waals surface area (Å²) in [7, 11) is 1.61. The lowest BCUT2D eigenvalue weighted by molar-refractivity contribution is 0.0948. The molecule has 1 aliphatic rings. The fraction of sp³-hybridized carbons (Fsp3) is 0.318. The maximum atomic E-state index is 14.3. The molecule has 0 unspecified atom stereocenters. The number of fused-ring (bicyclic) bond motifs is 1. The predicted molar refractivity (Wildman–Crippen MR) is 113 cm³/mol. The van der Waals surface area contributed by atoms with Crippen molar-refractivity contribution in [1.29, 1.82) is 0 Å². The Labute approximate surface area is 179 Å². The topological polar surface area (TPSA) is 93.1 Å². The normalized spacial score (nSPS) is 13.0. The van der Waals surface area contributed by atoms with Gasteiger partial charge in [0.15, 0.2) is 11.6 Å². The Bertz CT molecular complexity index is 1060. The highest BCUT2D eigenvalue weighted by atomic mass is 19.1. The van der Waals surface area contributed by atoms with E-state index in [0.29, 0.717) is 62.0 Å². The number of amides is 1. The molecule has 0 saturated carbocycles. The zero-order valence-corrected chi connectivity index (χ0v) is 17.2. The predicted octanol–water partition coefficient (Wildman–Crippen LogP) is 2.40. The van der Waals surface area contributed by atoms with Crippen molar-refractivity contribution in [2.45, 2.75) is 19.4 Å². The van der Waals surface area contributed by atoms with Crippen LogP contribution in [0.2, 0.25) is 0 Å². The highest BCUT2D eigenvalue weighted by Gasteiger charge is 2.21. The van der Waals surface area contributed by atoms with E-state index in [2.05, 4.69) is 25.3 Å². The van der Waals surface area contributed by atoms with E-state index in [0.717, 1.165) is 11.3 Å². The van der Waals surface area contributed by atoms with Crippen molar-refractivity contribution in [2.75, 3.05) is 31.7 Å². The molecule has 0 spiro atoms. The largest absolute Gasteiger partial charge is 0.385 e. The summed E-state index contributed by atoms with van der Waals surface area (Å²) in [4.78, 5) is 31.8. The van der Waals surface area contributed by atoms with Crippen LogP contribution in [0.1, 0.15) is 28.0 Å². The van der Waals surface area contributed by atoms with Crippen LogP contribution in [0.4, 0.5) is 10.1 Å². The monoisotopic (exact) mass is 422 g/mol. The van der Waals surface area contributed by atoms with Gasteiger partial charge < -0.3 is 15.0 Å². The standard InChI is InChI=1S/C22H23FN6O2/c1-31-9-3-7-26-22(30)15-10-17(23)12-18(11-15)29-8-4-19-16(14-29)13-27-21(28-19)20-24-5-2-6-25-20/h2,5-6,10-13H,3-4,7-9,14H2,1H3,(H,26,30). The van der Waals surface area contributed by atoms with Crippen LogP contribution in [0, 0.1) is 5.82 Å². The van der Waals surface area contributed by atoms with Gasteiger partial charge in [-0.3, -0.25) is 4.79 Å². The number of carbonyl (C=O) groups is 1. The Morgan fingerprint density at radius 1 is 1.19 bits per heavy atom. The van der Waals surface area contributed by atoms with Gasteiger partial charge in [-0.1, -0.05) is 0 Å². The highest BCUT2D eigenvalue weighted by molar-refractivity contribution is 5.95. The molecule has 1 aromatic carbocycles. The first-order valence-corrected chi connectivity index (χ1v) is 10.1. The number of halogens is 1. The van der Waals surface area contributed by atoms with Gasteiger partial charge in [0.1, 0.15) is 5.82 Å². The Hall–Kier alpha value is -3.46. The second-order valence-electron chi connectivity index (χ2n) is 7.21. The van der Waals surface area contributed by atoms with Crippen molar-refractivity contribution in [3.05, 3.63) is 65.5 Å². The summed E-state index contributed by atoms with van der Waals surface area (Å²) in [5.74, 6) is 0.230. The molecule has 160 valence electrons. The first kappa shape index (κ1) is 20.8. The number of ether oxygens (including phenoxy) is 1. The summed E-state index contributed by atoms with van der Waals surface area (Å²) < 4.78 is 19.2. The van der Waals surface area contributed by atoms with Gasteiger partial charge in [0.05, 0.1) is 5.69 Å². The molecular formula is C22H23FN6O2. The minimum absolute atomic E-state index is 0.297. The van der Waals surface area contributed by atoms with Gasteiger partial charge in [0.25, 0.3) is 5.91 Å². The number of carbonyl (C=O) groups excluding carboxylic acids is 1. The molecule has 31 heavy (non-hydrogen) atoms. The lowest BCUT2D eigenvalue weighted by atomic mass is 10.1. The third-order valence-electron chi connectivity index (χ3n) is 5.02. The van der Waals surface area contributed by atoms with E-state index in [4.69, 9.17) is 4.74 Å². The smallest absolute Gasteiger partial charge is 0.251 e. The molecule has 3 heterocycles. The summed E-state index contributed by atoms with van der Waals surface area (Å²) in [6.07, 6.45) is 6.45. The van der Waals surface area contributed by atoms with Crippen LogP contribution in [0.5, 0.6) is 0 Å². The van der Waals surface area contributed by atoms with Crippen LogP contribution in [0.3, 0.4) is 0 Å². The minimum Gasteiger partial charge on any atom is -0.385 e. The number of hydrogen-bond donors (Lipinski definition) is 1. The summed E-state index contributed by atoms with van der Waals surface area (Å²) >= 11 is 0. The number of benzene rings is 1. The number of rotatable bonds is 7. The summed E-state index contributed by atoms with van der Waals surface area (Å²) in [5, 5.41) is 2.79. The van der Waals surface area contributed by atoms with Gasteiger partial charge in [0, 0.05) is 75.2 Å². The number of methoxy groups -OCH3 is 1. The maximum Gasteiger partial charge on any atom is 0.251 e. The van der Waals surface area contributed by atoms with E-state index in [1.54, 1.807) is 37.8 Å². The zero-order valence-electron chi connectivity index (χ0n) is 17.2.